The van der Waals surface area contributed by atoms with E-state index in [1.165, 1.54) is 23.1 Å². The lowest BCUT2D eigenvalue weighted by Crippen LogP contribution is -2.02. The van der Waals surface area contributed by atoms with Crippen LogP contribution in [0.15, 0.2) is 33.8 Å². The first kappa shape index (κ1) is 13.4. The molecule has 1 atom stereocenters. The van der Waals surface area contributed by atoms with E-state index >= 15 is 0 Å². The minimum absolute atomic E-state index is 0.424. The van der Waals surface area contributed by atoms with Crippen molar-refractivity contribution < 1.29 is 0 Å². The van der Waals surface area contributed by atoms with Crippen LogP contribution in [0.4, 0.5) is 0 Å². The summed E-state index contributed by atoms with van der Waals surface area (Å²) in [7, 11) is 0. The molecular formula is C15H15Cl2NS. The van der Waals surface area contributed by atoms with Gasteiger partial charge in [-0.2, -0.15) is 0 Å². The maximum Gasteiger partial charge on any atom is 0.132 e. The van der Waals surface area contributed by atoms with Gasteiger partial charge >= 0.3 is 0 Å². The van der Waals surface area contributed by atoms with Gasteiger partial charge in [0.05, 0.1) is 14.9 Å². The molecule has 0 fully saturated rings. The van der Waals surface area contributed by atoms with Crippen LogP contribution in [0.3, 0.4) is 0 Å². The first-order valence-electron chi connectivity index (χ1n) is 6.51. The summed E-state index contributed by atoms with van der Waals surface area (Å²) in [6.07, 6.45) is 3.42. The minimum atomic E-state index is 0.424. The average molecular weight is 312 g/mol. The standard InChI is InChI=1S/C15H15Cl2NS/c1-8-9(2)14(12-6-7-13(16)19-12)18-15(17)11-5-3-4-10(8)11/h6-8H,3-5H2,1-2H3. The highest BCUT2D eigenvalue weighted by atomic mass is 35.5. The lowest BCUT2D eigenvalue weighted by Gasteiger charge is -2.15. The molecule has 0 bridgehead atoms. The summed E-state index contributed by atoms with van der Waals surface area (Å²) in [5.41, 5.74) is 5.04. The molecule has 0 spiro atoms. The second-order valence-electron chi connectivity index (χ2n) is 5.12. The van der Waals surface area contributed by atoms with Crippen LogP contribution in [0.2, 0.25) is 4.34 Å². The summed E-state index contributed by atoms with van der Waals surface area (Å²) in [5, 5.41) is 0.677. The van der Waals surface area contributed by atoms with Crippen LogP contribution in [0, 0.1) is 5.92 Å². The molecule has 0 radical (unpaired) electrons. The number of hydrogen-bond donors (Lipinski definition) is 0. The summed E-state index contributed by atoms with van der Waals surface area (Å²) in [6.45, 7) is 4.42. The van der Waals surface area contributed by atoms with Crippen molar-refractivity contribution in [3.8, 4) is 0 Å². The number of aliphatic imine (C=N–C) groups is 1. The van der Waals surface area contributed by atoms with Crippen LogP contribution in [0.5, 0.6) is 0 Å². The predicted molar refractivity (Wildman–Crippen MR) is 85.3 cm³/mol. The van der Waals surface area contributed by atoms with Crippen LogP contribution < -0.4 is 0 Å². The normalized spacial score (nSPS) is 23.6. The lowest BCUT2D eigenvalue weighted by molar-refractivity contribution is 0.752. The molecule has 1 aromatic heterocycles. The van der Waals surface area contributed by atoms with E-state index in [-0.39, 0.29) is 0 Å². The van der Waals surface area contributed by atoms with Crippen molar-refractivity contribution in [3.05, 3.63) is 38.1 Å². The Morgan fingerprint density at radius 3 is 2.74 bits per heavy atom. The quantitative estimate of drug-likeness (QED) is 0.612. The molecule has 1 aliphatic carbocycles. The van der Waals surface area contributed by atoms with Crippen molar-refractivity contribution in [2.75, 3.05) is 0 Å². The van der Waals surface area contributed by atoms with Gasteiger partial charge < -0.3 is 0 Å². The second kappa shape index (κ2) is 5.08. The highest BCUT2D eigenvalue weighted by molar-refractivity contribution is 7.17. The monoisotopic (exact) mass is 311 g/mol. The van der Waals surface area contributed by atoms with Crippen molar-refractivity contribution >= 4 is 45.4 Å². The summed E-state index contributed by atoms with van der Waals surface area (Å²) in [6, 6.07) is 3.95. The molecule has 1 aliphatic heterocycles. The number of thiophene rings is 1. The maximum absolute atomic E-state index is 6.43. The number of halogens is 2. The molecule has 1 unspecified atom stereocenters. The molecule has 2 heterocycles. The minimum Gasteiger partial charge on any atom is -0.235 e. The van der Waals surface area contributed by atoms with Gasteiger partial charge in [0.1, 0.15) is 5.17 Å². The molecule has 0 aromatic carbocycles. The van der Waals surface area contributed by atoms with Gasteiger partial charge in [0.25, 0.3) is 0 Å². The van der Waals surface area contributed by atoms with Crippen LogP contribution in [0.1, 0.15) is 38.0 Å². The average Bonchev–Trinajstić information content (AvgIpc) is 3.00. The summed E-state index contributed by atoms with van der Waals surface area (Å²) in [4.78, 5) is 5.79. The van der Waals surface area contributed by atoms with Crippen molar-refractivity contribution in [2.45, 2.75) is 33.1 Å². The molecule has 0 saturated heterocycles. The molecule has 0 saturated carbocycles. The topological polar surface area (TPSA) is 12.4 Å². The smallest absolute Gasteiger partial charge is 0.132 e. The highest BCUT2D eigenvalue weighted by Crippen LogP contribution is 2.43. The van der Waals surface area contributed by atoms with Gasteiger partial charge in [-0.1, -0.05) is 35.7 Å². The number of allylic oxidation sites excluding steroid dienone is 3. The third-order valence-corrected chi connectivity index (χ3v) is 5.62. The SMILES string of the molecule is CC1=C(c2ccc(Cl)s2)N=C(Cl)C2=C(CCC2)C1C. The van der Waals surface area contributed by atoms with Crippen LogP contribution in [-0.4, -0.2) is 5.17 Å². The molecule has 2 aliphatic rings. The van der Waals surface area contributed by atoms with E-state index < -0.39 is 0 Å². The van der Waals surface area contributed by atoms with Gasteiger partial charge in [-0.3, -0.25) is 0 Å². The van der Waals surface area contributed by atoms with Gasteiger partial charge in [0.2, 0.25) is 0 Å². The van der Waals surface area contributed by atoms with E-state index in [0.29, 0.717) is 11.1 Å². The van der Waals surface area contributed by atoms with Crippen molar-refractivity contribution in [1.82, 2.24) is 0 Å². The first-order valence-corrected chi connectivity index (χ1v) is 8.08. The molecule has 19 heavy (non-hydrogen) atoms. The van der Waals surface area contributed by atoms with Crippen molar-refractivity contribution in [3.63, 3.8) is 0 Å². The summed E-state index contributed by atoms with van der Waals surface area (Å²) >= 11 is 14.0. The fourth-order valence-electron chi connectivity index (χ4n) is 2.89. The molecule has 1 nitrogen and oxygen atoms in total. The Hall–Kier alpha value is -0.570. The zero-order valence-electron chi connectivity index (χ0n) is 11.0. The summed E-state index contributed by atoms with van der Waals surface area (Å²) < 4.78 is 0.791. The molecule has 0 amide bonds. The fourth-order valence-corrected chi connectivity index (χ4v) is 4.29. The van der Waals surface area contributed by atoms with Crippen LogP contribution in [0.25, 0.3) is 5.70 Å². The molecule has 0 N–H and O–H groups in total. The molecule has 4 heteroatoms. The lowest BCUT2D eigenvalue weighted by atomic mass is 9.90. The Morgan fingerprint density at radius 1 is 1.26 bits per heavy atom. The maximum atomic E-state index is 6.43. The van der Waals surface area contributed by atoms with Crippen LogP contribution in [-0.2, 0) is 0 Å². The van der Waals surface area contributed by atoms with Crippen molar-refractivity contribution in [1.29, 1.82) is 0 Å². The number of nitrogens with zero attached hydrogens (tertiary/aromatic N) is 1. The van der Waals surface area contributed by atoms with Gasteiger partial charge in [-0.15, -0.1) is 11.3 Å². The Balaban J connectivity index is 2.13. The zero-order chi connectivity index (χ0) is 13.6. The molecule has 3 rings (SSSR count). The molecule has 100 valence electrons. The predicted octanol–water partition coefficient (Wildman–Crippen LogP) is 5.90. The van der Waals surface area contributed by atoms with E-state index in [2.05, 4.69) is 18.8 Å². The zero-order valence-corrected chi connectivity index (χ0v) is 13.3. The highest BCUT2D eigenvalue weighted by Gasteiger charge is 2.28. The second-order valence-corrected chi connectivity index (χ2v) is 7.19. The number of hydrogen-bond acceptors (Lipinski definition) is 2. The van der Waals surface area contributed by atoms with Gasteiger partial charge in [-0.25, -0.2) is 4.99 Å². The number of rotatable bonds is 1. The first-order chi connectivity index (χ1) is 9.08. The Bertz CT molecular complexity index is 622. The fraction of sp³-hybridized carbons (Fsp3) is 0.400. The van der Waals surface area contributed by atoms with E-state index in [4.69, 9.17) is 23.2 Å². The summed E-state index contributed by atoms with van der Waals surface area (Å²) in [5.74, 6) is 0.424. The van der Waals surface area contributed by atoms with Gasteiger partial charge in [0, 0.05) is 5.92 Å². The Kier molecular flexibility index (Phi) is 3.59. The van der Waals surface area contributed by atoms with E-state index in [9.17, 15) is 0 Å². The third-order valence-electron chi connectivity index (χ3n) is 4.07. The van der Waals surface area contributed by atoms with Gasteiger partial charge in [0.15, 0.2) is 0 Å². The molecular weight excluding hydrogens is 297 g/mol. The van der Waals surface area contributed by atoms with E-state index in [1.807, 2.05) is 12.1 Å². The van der Waals surface area contributed by atoms with Gasteiger partial charge in [-0.05, 0) is 49.5 Å². The van der Waals surface area contributed by atoms with Crippen molar-refractivity contribution in [2.24, 2.45) is 10.9 Å². The Labute approximate surface area is 127 Å². The van der Waals surface area contributed by atoms with E-state index in [1.54, 1.807) is 11.3 Å². The molecule has 1 aromatic rings. The van der Waals surface area contributed by atoms with Crippen LogP contribution >= 0.6 is 34.5 Å². The van der Waals surface area contributed by atoms with E-state index in [0.717, 1.165) is 27.8 Å². The Morgan fingerprint density at radius 2 is 2.05 bits per heavy atom. The third kappa shape index (κ3) is 2.31. The largest absolute Gasteiger partial charge is 0.235 e.